The lowest BCUT2D eigenvalue weighted by atomic mass is 9.96. The van der Waals surface area contributed by atoms with E-state index in [-0.39, 0.29) is 0 Å². The van der Waals surface area contributed by atoms with E-state index in [1.54, 1.807) is 6.07 Å². The standard InChI is InChI=1S/C18H23N3O2S/c1-12-10-14(8-9-17(12)24(3,22)23)11-19-18-15-6-4-5-7-16(15)20-13(2)21-18/h8-10H,4-7,11H2,1-3H3,(H,19,20,21). The molecular formula is C18H23N3O2S. The van der Waals surface area contributed by atoms with E-state index >= 15 is 0 Å². The number of hydrogen-bond acceptors (Lipinski definition) is 5. The van der Waals surface area contributed by atoms with Crippen molar-refractivity contribution in [3.63, 3.8) is 0 Å². The Labute approximate surface area is 143 Å². The molecule has 0 fully saturated rings. The number of hydrogen-bond donors (Lipinski definition) is 1. The summed E-state index contributed by atoms with van der Waals surface area (Å²) in [5, 5.41) is 3.41. The molecule has 1 aliphatic carbocycles. The highest BCUT2D eigenvalue weighted by Crippen LogP contribution is 2.26. The summed E-state index contributed by atoms with van der Waals surface area (Å²) in [5.41, 5.74) is 4.22. The summed E-state index contributed by atoms with van der Waals surface area (Å²) in [6.45, 7) is 4.37. The van der Waals surface area contributed by atoms with Crippen molar-refractivity contribution in [1.82, 2.24) is 9.97 Å². The Balaban J connectivity index is 1.82. The molecule has 6 heteroatoms. The van der Waals surface area contributed by atoms with E-state index in [1.807, 2.05) is 26.0 Å². The summed E-state index contributed by atoms with van der Waals surface area (Å²) in [7, 11) is -3.18. The molecule has 0 unspecified atom stereocenters. The van der Waals surface area contributed by atoms with Crippen LogP contribution in [0.25, 0.3) is 0 Å². The molecule has 1 aromatic heterocycles. The van der Waals surface area contributed by atoms with E-state index in [0.717, 1.165) is 35.6 Å². The SMILES string of the molecule is Cc1nc2c(c(NCc3ccc(S(C)(=O)=O)c(C)c3)n1)CCCC2. The Hall–Kier alpha value is -1.95. The molecule has 1 heterocycles. The zero-order valence-corrected chi connectivity index (χ0v) is 15.2. The average Bonchev–Trinajstić information content (AvgIpc) is 2.51. The third kappa shape index (κ3) is 3.59. The van der Waals surface area contributed by atoms with Gasteiger partial charge < -0.3 is 5.32 Å². The minimum Gasteiger partial charge on any atom is -0.366 e. The van der Waals surface area contributed by atoms with Gasteiger partial charge in [-0.25, -0.2) is 18.4 Å². The van der Waals surface area contributed by atoms with E-state index in [1.165, 1.54) is 30.4 Å². The highest BCUT2D eigenvalue weighted by molar-refractivity contribution is 7.90. The zero-order chi connectivity index (χ0) is 17.3. The summed E-state index contributed by atoms with van der Waals surface area (Å²) in [5.74, 6) is 1.71. The summed E-state index contributed by atoms with van der Waals surface area (Å²) in [6.07, 6.45) is 5.65. The Morgan fingerprint density at radius 3 is 2.58 bits per heavy atom. The molecule has 24 heavy (non-hydrogen) atoms. The van der Waals surface area contributed by atoms with Gasteiger partial charge in [-0.15, -0.1) is 0 Å². The first-order valence-corrected chi connectivity index (χ1v) is 10.1. The molecule has 1 N–H and O–H groups in total. The fourth-order valence-corrected chi connectivity index (χ4v) is 4.25. The van der Waals surface area contributed by atoms with Gasteiger partial charge in [-0.3, -0.25) is 0 Å². The summed E-state index contributed by atoms with van der Waals surface area (Å²) in [4.78, 5) is 9.52. The van der Waals surface area contributed by atoms with Crippen LogP contribution in [-0.4, -0.2) is 24.6 Å². The minimum absolute atomic E-state index is 0.390. The van der Waals surface area contributed by atoms with Crippen molar-refractivity contribution in [1.29, 1.82) is 0 Å². The van der Waals surface area contributed by atoms with Gasteiger partial charge in [0.1, 0.15) is 11.6 Å². The molecule has 5 nitrogen and oxygen atoms in total. The smallest absolute Gasteiger partial charge is 0.175 e. The Morgan fingerprint density at radius 2 is 1.88 bits per heavy atom. The second-order valence-corrected chi connectivity index (χ2v) is 8.46. The predicted octanol–water partition coefficient (Wildman–Crippen LogP) is 2.99. The van der Waals surface area contributed by atoms with Gasteiger partial charge in [0, 0.05) is 24.1 Å². The van der Waals surface area contributed by atoms with E-state index in [2.05, 4.69) is 15.3 Å². The highest BCUT2D eigenvalue weighted by Gasteiger charge is 2.17. The van der Waals surface area contributed by atoms with Crippen molar-refractivity contribution in [3.05, 3.63) is 46.4 Å². The van der Waals surface area contributed by atoms with Crippen molar-refractivity contribution in [2.24, 2.45) is 0 Å². The largest absolute Gasteiger partial charge is 0.366 e. The van der Waals surface area contributed by atoms with Crippen LogP contribution in [0, 0.1) is 13.8 Å². The third-order valence-corrected chi connectivity index (χ3v) is 5.65. The summed E-state index contributed by atoms with van der Waals surface area (Å²) >= 11 is 0. The molecule has 0 bridgehead atoms. The summed E-state index contributed by atoms with van der Waals surface area (Å²) in [6, 6.07) is 5.46. The number of fused-ring (bicyclic) bond motifs is 1. The van der Waals surface area contributed by atoms with Gasteiger partial charge in [0.05, 0.1) is 4.90 Å². The van der Waals surface area contributed by atoms with Gasteiger partial charge in [-0.05, 0) is 56.7 Å². The molecule has 0 amide bonds. The molecule has 128 valence electrons. The zero-order valence-electron chi connectivity index (χ0n) is 14.4. The number of benzene rings is 1. The lowest BCUT2D eigenvalue weighted by Gasteiger charge is -2.19. The first kappa shape index (κ1) is 16.9. The van der Waals surface area contributed by atoms with E-state index < -0.39 is 9.84 Å². The van der Waals surface area contributed by atoms with E-state index in [0.29, 0.717) is 11.4 Å². The average molecular weight is 345 g/mol. The maximum absolute atomic E-state index is 11.7. The molecular weight excluding hydrogens is 322 g/mol. The molecule has 1 aromatic carbocycles. The Morgan fingerprint density at radius 1 is 1.12 bits per heavy atom. The van der Waals surface area contributed by atoms with E-state index in [4.69, 9.17) is 0 Å². The third-order valence-electron chi connectivity index (χ3n) is 4.39. The monoisotopic (exact) mass is 345 g/mol. The predicted molar refractivity (Wildman–Crippen MR) is 95.0 cm³/mol. The first-order chi connectivity index (χ1) is 11.3. The fourth-order valence-electron chi connectivity index (χ4n) is 3.29. The Kier molecular flexibility index (Phi) is 4.58. The number of rotatable bonds is 4. The van der Waals surface area contributed by atoms with Gasteiger partial charge in [0.25, 0.3) is 0 Å². The molecule has 0 spiro atoms. The van der Waals surface area contributed by atoms with Crippen molar-refractivity contribution < 1.29 is 8.42 Å². The van der Waals surface area contributed by atoms with Crippen molar-refractivity contribution in [3.8, 4) is 0 Å². The van der Waals surface area contributed by atoms with E-state index in [9.17, 15) is 8.42 Å². The van der Waals surface area contributed by atoms with Crippen molar-refractivity contribution in [2.75, 3.05) is 11.6 Å². The number of aryl methyl sites for hydroxylation is 3. The second-order valence-electron chi connectivity index (χ2n) is 6.48. The maximum atomic E-state index is 11.7. The molecule has 0 saturated carbocycles. The molecule has 0 atom stereocenters. The van der Waals surface area contributed by atoms with Crippen LogP contribution in [0.3, 0.4) is 0 Å². The molecule has 0 saturated heterocycles. The van der Waals surface area contributed by atoms with Crippen LogP contribution in [0.4, 0.5) is 5.82 Å². The number of aromatic nitrogens is 2. The van der Waals surface area contributed by atoms with Crippen LogP contribution in [0.2, 0.25) is 0 Å². The van der Waals surface area contributed by atoms with Crippen molar-refractivity contribution >= 4 is 15.7 Å². The van der Waals surface area contributed by atoms with Crippen LogP contribution in [0.5, 0.6) is 0 Å². The van der Waals surface area contributed by atoms with Crippen molar-refractivity contribution in [2.45, 2.75) is 51.0 Å². The normalized spacial score (nSPS) is 14.3. The van der Waals surface area contributed by atoms with Gasteiger partial charge in [-0.1, -0.05) is 12.1 Å². The lowest BCUT2D eigenvalue weighted by Crippen LogP contribution is -2.14. The van der Waals surface area contributed by atoms with Crippen LogP contribution in [0.15, 0.2) is 23.1 Å². The molecule has 2 aromatic rings. The first-order valence-electron chi connectivity index (χ1n) is 8.24. The molecule has 3 rings (SSSR count). The Bertz CT molecular complexity index is 876. The van der Waals surface area contributed by atoms with Crippen LogP contribution in [-0.2, 0) is 29.2 Å². The number of sulfone groups is 1. The molecule has 1 aliphatic rings. The second kappa shape index (κ2) is 6.51. The van der Waals surface area contributed by atoms with Gasteiger partial charge in [0.2, 0.25) is 0 Å². The minimum atomic E-state index is -3.18. The lowest BCUT2D eigenvalue weighted by molar-refractivity contribution is 0.601. The number of nitrogens with one attached hydrogen (secondary N) is 1. The fraction of sp³-hybridized carbons (Fsp3) is 0.444. The summed E-state index contributed by atoms with van der Waals surface area (Å²) < 4.78 is 23.4. The van der Waals surface area contributed by atoms with Crippen LogP contribution >= 0.6 is 0 Å². The number of nitrogens with zero attached hydrogens (tertiary/aromatic N) is 2. The topological polar surface area (TPSA) is 72.0 Å². The van der Waals surface area contributed by atoms with Crippen LogP contribution < -0.4 is 5.32 Å². The van der Waals surface area contributed by atoms with Gasteiger partial charge in [0.15, 0.2) is 9.84 Å². The number of anilines is 1. The molecule has 0 aliphatic heterocycles. The quantitative estimate of drug-likeness (QED) is 0.922. The maximum Gasteiger partial charge on any atom is 0.175 e. The molecule has 0 radical (unpaired) electrons. The van der Waals surface area contributed by atoms with Crippen LogP contribution in [0.1, 0.15) is 41.1 Å². The van der Waals surface area contributed by atoms with Gasteiger partial charge in [-0.2, -0.15) is 0 Å². The van der Waals surface area contributed by atoms with Gasteiger partial charge >= 0.3 is 0 Å². The highest BCUT2D eigenvalue weighted by atomic mass is 32.2.